The number of likely N-dealkylation sites (tertiary alicyclic amines) is 1. The minimum atomic E-state index is -2.89. The maximum Gasteiger partial charge on any atom is 0.222 e. The van der Waals surface area contributed by atoms with Gasteiger partial charge in [0.1, 0.15) is 14.8 Å². The molecule has 35 heavy (non-hydrogen) atoms. The molecule has 188 valence electrons. The first kappa shape index (κ1) is 24.7. The standard InChI is InChI=1S/C24H30ClN5O3S2/c1-26-24(31)17-5-9-29(10-6-17)15-21-27-23(28-34-21)19-14-30(22-18(19)3-2-4-20(22)25)13-16-7-11-35(32,33)12-8-16/h2-4,14,16-17H,5-13,15H2,1H3,(H,26,31). The Morgan fingerprint density at radius 3 is 2.66 bits per heavy atom. The number of fused-ring (bicyclic) bond motifs is 1. The van der Waals surface area contributed by atoms with Gasteiger partial charge in [-0.25, -0.2) is 13.4 Å². The van der Waals surface area contributed by atoms with Gasteiger partial charge in [0.05, 0.1) is 28.6 Å². The van der Waals surface area contributed by atoms with Crippen molar-refractivity contribution in [3.8, 4) is 11.4 Å². The van der Waals surface area contributed by atoms with Crippen molar-refractivity contribution in [2.45, 2.75) is 38.8 Å². The van der Waals surface area contributed by atoms with Crippen molar-refractivity contribution >= 4 is 49.8 Å². The highest BCUT2D eigenvalue weighted by atomic mass is 35.5. The lowest BCUT2D eigenvalue weighted by molar-refractivity contribution is -0.125. The molecule has 2 fully saturated rings. The molecule has 4 heterocycles. The molecule has 11 heteroatoms. The number of para-hydroxylation sites is 1. The number of piperidine rings is 1. The van der Waals surface area contributed by atoms with Gasteiger partial charge in [0.25, 0.3) is 0 Å². The zero-order valence-electron chi connectivity index (χ0n) is 19.7. The van der Waals surface area contributed by atoms with E-state index in [-0.39, 0.29) is 23.3 Å². The Hall–Kier alpha value is -2.01. The van der Waals surface area contributed by atoms with Crippen LogP contribution in [0.4, 0.5) is 0 Å². The summed E-state index contributed by atoms with van der Waals surface area (Å²) in [6, 6.07) is 5.87. The Bertz CT molecular complexity index is 1310. The van der Waals surface area contributed by atoms with Crippen LogP contribution in [0.2, 0.25) is 5.02 Å². The van der Waals surface area contributed by atoms with Crippen LogP contribution in [0, 0.1) is 11.8 Å². The maximum atomic E-state index is 11.9. The van der Waals surface area contributed by atoms with Crippen molar-refractivity contribution in [3.63, 3.8) is 0 Å². The summed E-state index contributed by atoms with van der Waals surface area (Å²) in [7, 11) is -1.20. The van der Waals surface area contributed by atoms with Crippen LogP contribution in [0.5, 0.6) is 0 Å². The highest BCUT2D eigenvalue weighted by Gasteiger charge is 2.27. The Morgan fingerprint density at radius 2 is 1.94 bits per heavy atom. The Kier molecular flexibility index (Phi) is 7.16. The monoisotopic (exact) mass is 535 g/mol. The van der Waals surface area contributed by atoms with E-state index in [0.29, 0.717) is 29.6 Å². The Labute approximate surface area is 214 Å². The van der Waals surface area contributed by atoms with E-state index >= 15 is 0 Å². The summed E-state index contributed by atoms with van der Waals surface area (Å²) in [6.45, 7) is 3.21. The van der Waals surface area contributed by atoms with Gasteiger partial charge in [-0.1, -0.05) is 23.7 Å². The van der Waals surface area contributed by atoms with Crippen LogP contribution >= 0.6 is 23.1 Å². The van der Waals surface area contributed by atoms with Gasteiger partial charge >= 0.3 is 0 Å². The molecule has 0 atom stereocenters. The molecule has 1 aromatic carbocycles. The van der Waals surface area contributed by atoms with Gasteiger partial charge in [-0.15, -0.1) is 0 Å². The smallest absolute Gasteiger partial charge is 0.222 e. The molecular weight excluding hydrogens is 506 g/mol. The van der Waals surface area contributed by atoms with Crippen molar-refractivity contribution in [2.75, 3.05) is 31.6 Å². The molecular formula is C24H30ClN5O3S2. The number of amides is 1. The fraction of sp³-hybridized carbons (Fsp3) is 0.542. The van der Waals surface area contributed by atoms with E-state index < -0.39 is 9.84 Å². The van der Waals surface area contributed by atoms with Crippen LogP contribution in [-0.4, -0.2) is 64.8 Å². The fourth-order valence-electron chi connectivity index (χ4n) is 5.21. The summed E-state index contributed by atoms with van der Waals surface area (Å²) in [5.41, 5.74) is 1.90. The number of carbonyl (C=O) groups excluding carboxylic acids is 1. The van der Waals surface area contributed by atoms with Gasteiger partial charge < -0.3 is 9.88 Å². The minimum Gasteiger partial charge on any atom is -0.359 e. The third kappa shape index (κ3) is 5.40. The summed E-state index contributed by atoms with van der Waals surface area (Å²) >= 11 is 8.03. The maximum absolute atomic E-state index is 11.9. The fourth-order valence-corrected chi connectivity index (χ4v) is 7.78. The van der Waals surface area contributed by atoms with Crippen molar-refractivity contribution in [3.05, 3.63) is 34.4 Å². The minimum absolute atomic E-state index is 0.0985. The van der Waals surface area contributed by atoms with Crippen LogP contribution in [0.1, 0.15) is 30.7 Å². The van der Waals surface area contributed by atoms with E-state index in [2.05, 4.69) is 25.4 Å². The predicted octanol–water partition coefficient (Wildman–Crippen LogP) is 3.60. The van der Waals surface area contributed by atoms with Crippen LogP contribution in [-0.2, 0) is 27.7 Å². The van der Waals surface area contributed by atoms with Crippen LogP contribution in [0.25, 0.3) is 22.3 Å². The molecule has 0 bridgehead atoms. The van der Waals surface area contributed by atoms with E-state index in [0.717, 1.165) is 60.5 Å². The number of aromatic nitrogens is 3. The zero-order chi connectivity index (χ0) is 24.6. The van der Waals surface area contributed by atoms with Crippen molar-refractivity contribution in [2.24, 2.45) is 11.8 Å². The molecule has 1 N–H and O–H groups in total. The summed E-state index contributed by atoms with van der Waals surface area (Å²) in [6.07, 6.45) is 5.15. The number of halogens is 1. The van der Waals surface area contributed by atoms with E-state index in [4.69, 9.17) is 16.6 Å². The van der Waals surface area contributed by atoms with Gasteiger partial charge in [0, 0.05) is 36.7 Å². The molecule has 5 rings (SSSR count). The molecule has 2 saturated heterocycles. The summed E-state index contributed by atoms with van der Waals surface area (Å²) in [4.78, 5) is 19.1. The molecule has 0 aliphatic carbocycles. The van der Waals surface area contributed by atoms with Gasteiger partial charge in [0.15, 0.2) is 5.82 Å². The summed E-state index contributed by atoms with van der Waals surface area (Å²) < 4.78 is 30.5. The van der Waals surface area contributed by atoms with Crippen LogP contribution in [0.3, 0.4) is 0 Å². The third-order valence-electron chi connectivity index (χ3n) is 7.25. The Morgan fingerprint density at radius 1 is 1.20 bits per heavy atom. The van der Waals surface area contributed by atoms with Gasteiger partial charge in [0.2, 0.25) is 5.91 Å². The molecule has 0 unspecified atom stereocenters. The van der Waals surface area contributed by atoms with Gasteiger partial charge in [-0.05, 0) is 62.3 Å². The largest absolute Gasteiger partial charge is 0.359 e. The topological polar surface area (TPSA) is 97.2 Å². The average Bonchev–Trinajstić information content (AvgIpc) is 3.46. The number of hydrogen-bond donors (Lipinski definition) is 1. The quantitative estimate of drug-likeness (QED) is 0.518. The first-order valence-corrected chi connectivity index (χ1v) is 15.0. The predicted molar refractivity (Wildman–Crippen MR) is 139 cm³/mol. The molecule has 3 aromatic rings. The molecule has 1 amide bonds. The second-order valence-electron chi connectivity index (χ2n) is 9.60. The lowest BCUT2D eigenvalue weighted by Gasteiger charge is -2.30. The van der Waals surface area contributed by atoms with Crippen molar-refractivity contribution in [1.82, 2.24) is 24.1 Å². The lowest BCUT2D eigenvalue weighted by atomic mass is 9.96. The number of nitrogens with one attached hydrogen (secondary N) is 1. The molecule has 8 nitrogen and oxygen atoms in total. The van der Waals surface area contributed by atoms with E-state index in [1.54, 1.807) is 7.05 Å². The molecule has 0 radical (unpaired) electrons. The van der Waals surface area contributed by atoms with E-state index in [9.17, 15) is 13.2 Å². The molecule has 2 aliphatic heterocycles. The third-order valence-corrected chi connectivity index (χ3v) is 9.97. The van der Waals surface area contributed by atoms with Crippen molar-refractivity contribution in [1.29, 1.82) is 0 Å². The first-order chi connectivity index (χ1) is 16.8. The molecule has 0 spiro atoms. The number of benzene rings is 1. The molecule has 0 saturated carbocycles. The highest BCUT2D eigenvalue weighted by Crippen LogP contribution is 2.35. The summed E-state index contributed by atoms with van der Waals surface area (Å²) in [5.74, 6) is 1.75. The first-order valence-electron chi connectivity index (χ1n) is 12.1. The second kappa shape index (κ2) is 10.2. The average molecular weight is 536 g/mol. The highest BCUT2D eigenvalue weighted by molar-refractivity contribution is 7.91. The van der Waals surface area contributed by atoms with Gasteiger partial charge in [-0.3, -0.25) is 9.69 Å². The molecule has 2 aliphatic rings. The van der Waals surface area contributed by atoms with E-state index in [1.165, 1.54) is 11.5 Å². The lowest BCUT2D eigenvalue weighted by Crippen LogP contribution is -2.39. The van der Waals surface area contributed by atoms with Crippen LogP contribution < -0.4 is 5.32 Å². The van der Waals surface area contributed by atoms with Gasteiger partial charge in [-0.2, -0.15) is 4.37 Å². The second-order valence-corrected chi connectivity index (χ2v) is 13.1. The Balaban J connectivity index is 1.33. The number of carbonyl (C=O) groups is 1. The SMILES string of the molecule is CNC(=O)C1CCN(Cc2nc(-c3cn(CC4CCS(=O)(=O)CC4)c4c(Cl)cccc34)ns2)CC1. The number of nitrogens with zero attached hydrogens (tertiary/aromatic N) is 4. The number of rotatable bonds is 6. The number of hydrogen-bond acceptors (Lipinski definition) is 7. The zero-order valence-corrected chi connectivity index (χ0v) is 22.1. The van der Waals surface area contributed by atoms with Crippen LogP contribution in [0.15, 0.2) is 24.4 Å². The van der Waals surface area contributed by atoms with Crippen molar-refractivity contribution < 1.29 is 13.2 Å². The summed E-state index contributed by atoms with van der Waals surface area (Å²) in [5, 5.41) is 5.40. The van der Waals surface area contributed by atoms with E-state index in [1.807, 2.05) is 18.2 Å². The normalized spacial score (nSPS) is 19.8. The number of sulfone groups is 1. The molecule has 2 aromatic heterocycles.